The first-order valence-electron chi connectivity index (χ1n) is 8.86. The Kier molecular flexibility index (Phi) is 6.45. The summed E-state index contributed by atoms with van der Waals surface area (Å²) in [6.07, 6.45) is -5.18. The molecule has 6 nitrogen and oxygen atoms in total. The third-order valence-electron chi connectivity index (χ3n) is 4.17. The van der Waals surface area contributed by atoms with Gasteiger partial charge >= 0.3 is 12.1 Å². The molecule has 10 heteroatoms. The number of rotatable bonds is 6. The van der Waals surface area contributed by atoms with E-state index in [4.69, 9.17) is 5.26 Å². The van der Waals surface area contributed by atoms with Gasteiger partial charge in [0, 0.05) is 11.6 Å². The molecule has 0 saturated heterocycles. The molecule has 1 heterocycles. The molecule has 0 bridgehead atoms. The van der Waals surface area contributed by atoms with Crippen LogP contribution in [0.4, 0.5) is 23.4 Å². The van der Waals surface area contributed by atoms with Crippen LogP contribution in [0.3, 0.4) is 0 Å². The number of nitriles is 1. The fourth-order valence-corrected chi connectivity index (χ4v) is 2.67. The van der Waals surface area contributed by atoms with Gasteiger partial charge in [-0.1, -0.05) is 36.4 Å². The Morgan fingerprint density at radius 1 is 1.13 bits per heavy atom. The molecule has 0 aliphatic carbocycles. The van der Waals surface area contributed by atoms with Gasteiger partial charge in [-0.05, 0) is 17.7 Å². The topological polar surface area (TPSA) is 87.9 Å². The third-order valence-corrected chi connectivity index (χ3v) is 4.17. The first kappa shape index (κ1) is 21.7. The average Bonchev–Trinajstić information content (AvgIpc) is 2.76. The van der Waals surface area contributed by atoms with Gasteiger partial charge in [-0.15, -0.1) is 0 Å². The van der Waals surface area contributed by atoms with Crippen LogP contribution in [0.1, 0.15) is 17.2 Å². The van der Waals surface area contributed by atoms with E-state index in [2.05, 4.69) is 20.0 Å². The number of alkyl halides is 3. The molecule has 0 radical (unpaired) electrons. The normalized spacial score (nSPS) is 12.0. The Morgan fingerprint density at radius 2 is 1.87 bits per heavy atom. The largest absolute Gasteiger partial charge is 0.490 e. The minimum absolute atomic E-state index is 0.117. The van der Waals surface area contributed by atoms with Crippen LogP contribution in [0.15, 0.2) is 60.9 Å². The van der Waals surface area contributed by atoms with Crippen molar-refractivity contribution in [1.29, 1.82) is 5.26 Å². The molecule has 0 amide bonds. The van der Waals surface area contributed by atoms with Crippen molar-refractivity contribution >= 4 is 11.8 Å². The summed E-state index contributed by atoms with van der Waals surface area (Å²) in [5.74, 6) is -2.80. The highest BCUT2D eigenvalue weighted by molar-refractivity contribution is 5.76. The molecule has 2 aromatic carbocycles. The summed E-state index contributed by atoms with van der Waals surface area (Å²) in [4.78, 5) is 19.3. The molecule has 0 aliphatic rings. The summed E-state index contributed by atoms with van der Waals surface area (Å²) in [7, 11) is 0. The molecule has 1 N–H and O–H groups in total. The van der Waals surface area contributed by atoms with Gasteiger partial charge in [0.15, 0.2) is 0 Å². The highest BCUT2D eigenvalue weighted by Crippen LogP contribution is 2.25. The van der Waals surface area contributed by atoms with E-state index in [1.54, 1.807) is 24.3 Å². The summed E-state index contributed by atoms with van der Waals surface area (Å²) >= 11 is 0. The Bertz CT molecular complexity index is 1110. The molecule has 3 rings (SSSR count). The van der Waals surface area contributed by atoms with Crippen LogP contribution in [0.25, 0.3) is 11.3 Å². The monoisotopic (exact) mass is 430 g/mol. The second-order valence-electron chi connectivity index (χ2n) is 6.28. The first-order valence-corrected chi connectivity index (χ1v) is 8.86. The standard InChI is InChI=1S/C21H14F4N4O2/c22-16-8-14(6-7-15(16)10-26)17-9-19(29-12-28-17)27-11-18(13-4-2-1-3-5-13)31-20(30)21(23,24)25/h1-9,12,18H,11H2,(H,27,28,29)/t18-/m1/s1. The number of esters is 1. The number of ether oxygens (including phenoxy) is 1. The van der Waals surface area contributed by atoms with E-state index < -0.39 is 24.1 Å². The quantitative estimate of drug-likeness (QED) is 0.460. The molecule has 1 aromatic heterocycles. The predicted molar refractivity (Wildman–Crippen MR) is 102 cm³/mol. The van der Waals surface area contributed by atoms with Crippen molar-refractivity contribution in [3.05, 3.63) is 77.9 Å². The van der Waals surface area contributed by atoms with E-state index in [1.807, 2.05) is 0 Å². The molecule has 0 unspecified atom stereocenters. The SMILES string of the molecule is N#Cc1ccc(-c2cc(NC[C@@H](OC(=O)C(F)(F)F)c3ccccc3)ncn2)cc1F. The zero-order valence-electron chi connectivity index (χ0n) is 15.7. The van der Waals surface area contributed by atoms with E-state index in [-0.39, 0.29) is 17.9 Å². The number of hydrogen-bond donors (Lipinski definition) is 1. The molecule has 31 heavy (non-hydrogen) atoms. The molecular formula is C21H14F4N4O2. The smallest absolute Gasteiger partial charge is 0.449 e. The van der Waals surface area contributed by atoms with Crippen molar-refractivity contribution in [2.24, 2.45) is 0 Å². The van der Waals surface area contributed by atoms with Gasteiger partial charge in [0.1, 0.15) is 30.1 Å². The Balaban J connectivity index is 1.79. The molecule has 0 aliphatic heterocycles. The molecule has 3 aromatic rings. The highest BCUT2D eigenvalue weighted by atomic mass is 19.4. The van der Waals surface area contributed by atoms with Crippen molar-refractivity contribution in [2.75, 3.05) is 11.9 Å². The number of nitrogens with one attached hydrogen (secondary N) is 1. The fourth-order valence-electron chi connectivity index (χ4n) is 2.67. The molecule has 158 valence electrons. The lowest BCUT2D eigenvalue weighted by molar-refractivity contribution is -0.204. The molecular weight excluding hydrogens is 416 g/mol. The van der Waals surface area contributed by atoms with E-state index in [9.17, 15) is 22.4 Å². The molecule has 0 spiro atoms. The minimum atomic E-state index is -5.13. The number of nitrogens with zero attached hydrogens (tertiary/aromatic N) is 3. The van der Waals surface area contributed by atoms with Crippen molar-refractivity contribution < 1.29 is 27.1 Å². The van der Waals surface area contributed by atoms with Gasteiger partial charge in [-0.3, -0.25) is 0 Å². The van der Waals surface area contributed by atoms with Crippen LogP contribution >= 0.6 is 0 Å². The van der Waals surface area contributed by atoms with Crippen molar-refractivity contribution in [1.82, 2.24) is 9.97 Å². The lowest BCUT2D eigenvalue weighted by Crippen LogP contribution is -2.29. The number of halogens is 4. The molecule has 1 atom stereocenters. The number of benzene rings is 2. The summed E-state index contributed by atoms with van der Waals surface area (Å²) in [6.45, 7) is -0.204. The lowest BCUT2D eigenvalue weighted by Gasteiger charge is -2.20. The molecule has 0 fully saturated rings. The van der Waals surface area contributed by atoms with Crippen LogP contribution in [-0.2, 0) is 9.53 Å². The zero-order valence-corrected chi connectivity index (χ0v) is 15.7. The number of carbonyl (C=O) groups excluding carboxylic acids is 1. The Hall–Kier alpha value is -4.00. The zero-order chi connectivity index (χ0) is 22.4. The van der Waals surface area contributed by atoms with Gasteiger partial charge in [0.25, 0.3) is 0 Å². The van der Waals surface area contributed by atoms with Crippen molar-refractivity contribution in [3.8, 4) is 17.3 Å². The summed E-state index contributed by atoms with van der Waals surface area (Å²) in [5.41, 5.74) is 0.943. The predicted octanol–water partition coefficient (Wildman–Crippen LogP) is 4.41. The van der Waals surface area contributed by atoms with Gasteiger partial charge in [-0.2, -0.15) is 18.4 Å². The lowest BCUT2D eigenvalue weighted by atomic mass is 10.1. The second-order valence-corrected chi connectivity index (χ2v) is 6.28. The van der Waals surface area contributed by atoms with Crippen molar-refractivity contribution in [2.45, 2.75) is 12.3 Å². The number of hydrogen-bond acceptors (Lipinski definition) is 6. The third kappa shape index (κ3) is 5.54. The maximum absolute atomic E-state index is 13.9. The maximum atomic E-state index is 13.9. The number of aromatic nitrogens is 2. The van der Waals surface area contributed by atoms with E-state index in [1.165, 1.54) is 36.7 Å². The second kappa shape index (κ2) is 9.21. The van der Waals surface area contributed by atoms with Crippen LogP contribution in [-0.4, -0.2) is 28.7 Å². The van der Waals surface area contributed by atoms with E-state index in [0.29, 0.717) is 16.8 Å². The number of carbonyl (C=O) groups is 1. The van der Waals surface area contributed by atoms with Crippen LogP contribution < -0.4 is 5.32 Å². The van der Waals surface area contributed by atoms with E-state index in [0.717, 1.165) is 6.07 Å². The van der Waals surface area contributed by atoms with Gasteiger partial charge < -0.3 is 10.1 Å². The summed E-state index contributed by atoms with van der Waals surface area (Å²) in [5, 5.41) is 11.6. The number of anilines is 1. The van der Waals surface area contributed by atoms with Crippen LogP contribution in [0.2, 0.25) is 0 Å². The summed E-state index contributed by atoms with van der Waals surface area (Å²) < 4.78 is 56.5. The fraction of sp³-hybridized carbons (Fsp3) is 0.143. The van der Waals surface area contributed by atoms with Crippen LogP contribution in [0, 0.1) is 17.1 Å². The van der Waals surface area contributed by atoms with Gasteiger partial charge in [0.05, 0.1) is 17.8 Å². The average molecular weight is 430 g/mol. The first-order chi connectivity index (χ1) is 14.8. The Morgan fingerprint density at radius 3 is 2.52 bits per heavy atom. The minimum Gasteiger partial charge on any atom is -0.449 e. The molecule has 0 saturated carbocycles. The summed E-state index contributed by atoms with van der Waals surface area (Å²) in [6, 6.07) is 15.1. The van der Waals surface area contributed by atoms with Crippen molar-refractivity contribution in [3.63, 3.8) is 0 Å². The van der Waals surface area contributed by atoms with E-state index >= 15 is 0 Å². The Labute approximate surface area is 174 Å². The van der Waals surface area contributed by atoms with Gasteiger partial charge in [-0.25, -0.2) is 19.2 Å². The van der Waals surface area contributed by atoms with Crippen LogP contribution in [0.5, 0.6) is 0 Å². The highest BCUT2D eigenvalue weighted by Gasteiger charge is 2.42. The van der Waals surface area contributed by atoms with Gasteiger partial charge in [0.2, 0.25) is 0 Å². The maximum Gasteiger partial charge on any atom is 0.490 e.